The Hall–Kier alpha value is -1.56. The van der Waals surface area contributed by atoms with Crippen LogP contribution >= 0.6 is 15.9 Å². The number of rotatable bonds is 5. The molecule has 0 aliphatic rings. The van der Waals surface area contributed by atoms with Gasteiger partial charge in [-0.1, -0.05) is 41.1 Å². The van der Waals surface area contributed by atoms with Crippen molar-refractivity contribution in [1.29, 1.82) is 0 Å². The summed E-state index contributed by atoms with van der Waals surface area (Å²) in [5, 5.41) is 3.18. The molecule has 1 N–H and O–H groups in total. The van der Waals surface area contributed by atoms with E-state index >= 15 is 0 Å². The summed E-state index contributed by atoms with van der Waals surface area (Å²) in [6, 6.07) is 8.06. The van der Waals surface area contributed by atoms with Gasteiger partial charge in [-0.15, -0.1) is 0 Å². The second-order valence-electron chi connectivity index (χ2n) is 4.80. The number of carbonyl (C=O) groups is 1. The second-order valence-corrected chi connectivity index (χ2v) is 5.65. The summed E-state index contributed by atoms with van der Waals surface area (Å²) < 4.78 is 5.78. The van der Waals surface area contributed by atoms with Crippen molar-refractivity contribution in [3.63, 3.8) is 0 Å². The van der Waals surface area contributed by atoms with E-state index < -0.39 is 0 Å². The van der Waals surface area contributed by atoms with Crippen LogP contribution in [0.4, 0.5) is 0 Å². The second kappa shape index (κ2) is 8.67. The molecule has 1 rings (SSSR count). The standard InChI is InChI=1S/C15H22BrN3O2/c1-11(14(20)21-4)9-18-15(17-2)19(3)10-12-7-5-6-8-13(12)16/h5-8,11H,9-10H2,1-4H3,(H,17,18). The summed E-state index contributed by atoms with van der Waals surface area (Å²) in [5.41, 5.74) is 1.17. The van der Waals surface area contributed by atoms with Gasteiger partial charge in [0, 0.05) is 31.7 Å². The summed E-state index contributed by atoms with van der Waals surface area (Å²) in [6.07, 6.45) is 0. The predicted molar refractivity (Wildman–Crippen MR) is 88.2 cm³/mol. The molecule has 1 atom stereocenters. The van der Waals surface area contributed by atoms with E-state index in [1.807, 2.05) is 37.1 Å². The van der Waals surface area contributed by atoms with Crippen molar-refractivity contribution in [1.82, 2.24) is 10.2 Å². The number of nitrogens with one attached hydrogen (secondary N) is 1. The molecule has 0 aromatic heterocycles. The van der Waals surface area contributed by atoms with Gasteiger partial charge in [0.2, 0.25) is 0 Å². The molecule has 0 saturated heterocycles. The average molecular weight is 356 g/mol. The summed E-state index contributed by atoms with van der Waals surface area (Å²) in [6.45, 7) is 3.02. The van der Waals surface area contributed by atoms with Crippen LogP contribution in [-0.2, 0) is 16.1 Å². The number of esters is 1. The minimum Gasteiger partial charge on any atom is -0.469 e. The van der Waals surface area contributed by atoms with Gasteiger partial charge in [-0.05, 0) is 11.6 Å². The lowest BCUT2D eigenvalue weighted by atomic mass is 10.2. The Labute approximate surface area is 134 Å². The highest BCUT2D eigenvalue weighted by atomic mass is 79.9. The van der Waals surface area contributed by atoms with E-state index in [0.29, 0.717) is 13.1 Å². The van der Waals surface area contributed by atoms with Gasteiger partial charge in [-0.2, -0.15) is 0 Å². The van der Waals surface area contributed by atoms with Crippen molar-refractivity contribution < 1.29 is 9.53 Å². The average Bonchev–Trinajstić information content (AvgIpc) is 2.49. The van der Waals surface area contributed by atoms with Gasteiger partial charge in [0.1, 0.15) is 0 Å². The molecular formula is C15H22BrN3O2. The van der Waals surface area contributed by atoms with Crippen LogP contribution in [0.15, 0.2) is 33.7 Å². The molecule has 0 saturated carbocycles. The molecule has 21 heavy (non-hydrogen) atoms. The molecule has 0 aliphatic carbocycles. The van der Waals surface area contributed by atoms with Gasteiger partial charge in [-0.3, -0.25) is 9.79 Å². The molecule has 0 fully saturated rings. The molecule has 0 spiro atoms. The highest BCUT2D eigenvalue weighted by Gasteiger charge is 2.15. The number of guanidine groups is 1. The Morgan fingerprint density at radius 1 is 1.48 bits per heavy atom. The van der Waals surface area contributed by atoms with Crippen LogP contribution in [0.3, 0.4) is 0 Å². The topological polar surface area (TPSA) is 53.9 Å². The number of hydrogen-bond acceptors (Lipinski definition) is 3. The molecule has 0 amide bonds. The zero-order valence-corrected chi connectivity index (χ0v) is 14.5. The first-order chi connectivity index (χ1) is 9.99. The Kier molecular flexibility index (Phi) is 7.22. The first-order valence-electron chi connectivity index (χ1n) is 6.72. The molecule has 0 bridgehead atoms. The quantitative estimate of drug-likeness (QED) is 0.500. The van der Waals surface area contributed by atoms with Gasteiger partial charge in [0.15, 0.2) is 5.96 Å². The number of halogens is 1. The fourth-order valence-corrected chi connectivity index (χ4v) is 2.28. The number of carbonyl (C=O) groups excluding carboxylic acids is 1. The SMILES string of the molecule is CN=C(NCC(C)C(=O)OC)N(C)Cc1ccccc1Br. The van der Waals surface area contributed by atoms with Gasteiger partial charge >= 0.3 is 5.97 Å². The third kappa shape index (κ3) is 5.38. The zero-order chi connectivity index (χ0) is 15.8. The molecule has 6 heteroatoms. The number of nitrogens with zero attached hydrogens (tertiary/aromatic N) is 2. The van der Waals surface area contributed by atoms with Crippen LogP contribution in [0.2, 0.25) is 0 Å². The molecule has 116 valence electrons. The zero-order valence-electron chi connectivity index (χ0n) is 12.9. The largest absolute Gasteiger partial charge is 0.469 e. The maximum absolute atomic E-state index is 11.4. The molecule has 0 heterocycles. The van der Waals surface area contributed by atoms with Gasteiger partial charge < -0.3 is 15.0 Å². The Morgan fingerprint density at radius 2 is 2.14 bits per heavy atom. The summed E-state index contributed by atoms with van der Waals surface area (Å²) >= 11 is 3.54. The maximum atomic E-state index is 11.4. The molecule has 1 unspecified atom stereocenters. The van der Waals surface area contributed by atoms with E-state index in [4.69, 9.17) is 4.74 Å². The normalized spacial score (nSPS) is 12.7. The van der Waals surface area contributed by atoms with E-state index in [-0.39, 0.29) is 11.9 Å². The van der Waals surface area contributed by atoms with Gasteiger partial charge in [-0.25, -0.2) is 0 Å². The molecule has 5 nitrogen and oxygen atoms in total. The number of ether oxygens (including phenoxy) is 1. The van der Waals surface area contributed by atoms with Crippen molar-refractivity contribution in [3.8, 4) is 0 Å². The third-order valence-corrected chi connectivity index (χ3v) is 3.88. The minimum absolute atomic E-state index is 0.219. The highest BCUT2D eigenvalue weighted by Crippen LogP contribution is 2.17. The smallest absolute Gasteiger partial charge is 0.310 e. The maximum Gasteiger partial charge on any atom is 0.310 e. The van der Waals surface area contributed by atoms with Crippen molar-refractivity contribution >= 4 is 27.9 Å². The molecule has 1 aromatic rings. The number of methoxy groups -OCH3 is 1. The first-order valence-corrected chi connectivity index (χ1v) is 7.52. The van der Waals surface area contributed by atoms with Crippen LogP contribution < -0.4 is 5.32 Å². The van der Waals surface area contributed by atoms with E-state index in [2.05, 4.69) is 32.3 Å². The summed E-state index contributed by atoms with van der Waals surface area (Å²) in [4.78, 5) is 17.6. The van der Waals surface area contributed by atoms with Crippen LogP contribution in [0, 0.1) is 5.92 Å². The lowest BCUT2D eigenvalue weighted by Crippen LogP contribution is -2.41. The van der Waals surface area contributed by atoms with Crippen LogP contribution in [0.1, 0.15) is 12.5 Å². The van der Waals surface area contributed by atoms with E-state index in [1.165, 1.54) is 12.7 Å². The summed E-state index contributed by atoms with van der Waals surface area (Å²) in [5.74, 6) is 0.288. The Balaban J connectivity index is 2.60. The monoisotopic (exact) mass is 355 g/mol. The summed E-state index contributed by atoms with van der Waals surface area (Å²) in [7, 11) is 5.08. The van der Waals surface area contributed by atoms with E-state index in [0.717, 1.165) is 10.4 Å². The number of hydrogen-bond donors (Lipinski definition) is 1. The van der Waals surface area contributed by atoms with Gasteiger partial charge in [0.25, 0.3) is 0 Å². The predicted octanol–water partition coefficient (Wildman–Crippen LogP) is 2.27. The van der Waals surface area contributed by atoms with E-state index in [1.54, 1.807) is 7.05 Å². The lowest BCUT2D eigenvalue weighted by molar-refractivity contribution is -0.144. The fourth-order valence-electron chi connectivity index (χ4n) is 1.87. The highest BCUT2D eigenvalue weighted by molar-refractivity contribution is 9.10. The minimum atomic E-state index is -0.230. The molecule has 0 aliphatic heterocycles. The Morgan fingerprint density at radius 3 is 2.71 bits per heavy atom. The van der Waals surface area contributed by atoms with Gasteiger partial charge in [0.05, 0.1) is 13.0 Å². The van der Waals surface area contributed by atoms with Crippen molar-refractivity contribution in [2.75, 3.05) is 27.7 Å². The third-order valence-electron chi connectivity index (χ3n) is 3.11. The van der Waals surface area contributed by atoms with Crippen molar-refractivity contribution in [2.24, 2.45) is 10.9 Å². The molecule has 0 radical (unpaired) electrons. The van der Waals surface area contributed by atoms with E-state index in [9.17, 15) is 4.79 Å². The lowest BCUT2D eigenvalue weighted by Gasteiger charge is -2.23. The van der Waals surface area contributed by atoms with Crippen LogP contribution in [-0.4, -0.2) is 44.6 Å². The van der Waals surface area contributed by atoms with Crippen LogP contribution in [0.5, 0.6) is 0 Å². The molecule has 1 aromatic carbocycles. The Bertz CT molecular complexity index is 505. The van der Waals surface area contributed by atoms with Crippen molar-refractivity contribution in [2.45, 2.75) is 13.5 Å². The number of benzene rings is 1. The molecular weight excluding hydrogens is 334 g/mol. The number of aliphatic imine (C=N–C) groups is 1. The van der Waals surface area contributed by atoms with Crippen molar-refractivity contribution in [3.05, 3.63) is 34.3 Å². The van der Waals surface area contributed by atoms with Crippen LogP contribution in [0.25, 0.3) is 0 Å². The first kappa shape index (κ1) is 17.5. The fraction of sp³-hybridized carbons (Fsp3) is 0.467.